The zero-order valence-corrected chi connectivity index (χ0v) is 15.3. The van der Waals surface area contributed by atoms with Gasteiger partial charge in [0.1, 0.15) is 28.8 Å². The Morgan fingerprint density at radius 2 is 2.23 bits per heavy atom. The third kappa shape index (κ3) is 4.05. The van der Waals surface area contributed by atoms with Gasteiger partial charge in [-0.1, -0.05) is 5.16 Å². The number of nitrogens with zero attached hydrogens (tertiary/aromatic N) is 3. The summed E-state index contributed by atoms with van der Waals surface area (Å²) in [7, 11) is 0. The number of halogens is 1. The van der Waals surface area contributed by atoms with Crippen molar-refractivity contribution in [3.63, 3.8) is 0 Å². The van der Waals surface area contributed by atoms with Crippen molar-refractivity contribution in [2.75, 3.05) is 0 Å². The van der Waals surface area contributed by atoms with E-state index in [4.69, 9.17) is 9.26 Å². The van der Waals surface area contributed by atoms with Crippen LogP contribution in [-0.4, -0.2) is 26.5 Å². The van der Waals surface area contributed by atoms with Crippen LogP contribution in [0.25, 0.3) is 11.4 Å². The molecule has 0 aliphatic carbocycles. The lowest BCUT2D eigenvalue weighted by atomic mass is 10.1. The quantitative estimate of drug-likeness (QED) is 0.709. The lowest BCUT2D eigenvalue weighted by molar-refractivity contribution is 0.0947. The number of carbonyl (C=O) groups excluding carboxylic acids is 1. The maximum atomic E-state index is 13.1. The van der Waals surface area contributed by atoms with Crippen LogP contribution in [0, 0.1) is 12.7 Å². The Hall–Kier alpha value is -2.81. The molecule has 0 saturated heterocycles. The second-order valence-electron chi connectivity index (χ2n) is 5.87. The van der Waals surface area contributed by atoms with E-state index in [0.29, 0.717) is 33.5 Å². The molecule has 0 aliphatic heterocycles. The molecule has 1 amide bonds. The predicted molar refractivity (Wildman–Crippen MR) is 93.5 cm³/mol. The van der Waals surface area contributed by atoms with Crippen LogP contribution in [0.3, 0.4) is 0 Å². The fourth-order valence-electron chi connectivity index (χ4n) is 2.19. The highest BCUT2D eigenvalue weighted by Gasteiger charge is 2.18. The first-order valence-electron chi connectivity index (χ1n) is 7.91. The van der Waals surface area contributed by atoms with Gasteiger partial charge in [-0.2, -0.15) is 4.37 Å². The van der Waals surface area contributed by atoms with E-state index in [1.165, 1.54) is 12.1 Å². The SMILES string of the molecule is Cc1onc(-c2ccc(F)cn2)c1COc1cc(C(=O)NC(C)C)sn1. The minimum atomic E-state index is -0.429. The maximum Gasteiger partial charge on any atom is 0.263 e. The zero-order chi connectivity index (χ0) is 18.7. The maximum absolute atomic E-state index is 13.1. The third-order valence-electron chi connectivity index (χ3n) is 3.45. The number of rotatable bonds is 6. The molecule has 0 aliphatic rings. The van der Waals surface area contributed by atoms with Gasteiger partial charge in [0.2, 0.25) is 5.88 Å². The summed E-state index contributed by atoms with van der Waals surface area (Å²) in [5.74, 6) is 0.285. The summed E-state index contributed by atoms with van der Waals surface area (Å²) in [5.41, 5.74) is 1.65. The van der Waals surface area contributed by atoms with Crippen LogP contribution in [0.4, 0.5) is 4.39 Å². The van der Waals surface area contributed by atoms with E-state index in [-0.39, 0.29) is 18.6 Å². The third-order valence-corrected chi connectivity index (χ3v) is 4.22. The molecule has 0 fully saturated rings. The second-order valence-corrected chi connectivity index (χ2v) is 6.68. The topological polar surface area (TPSA) is 90.1 Å². The summed E-state index contributed by atoms with van der Waals surface area (Å²) in [5, 5.41) is 6.77. The molecule has 7 nitrogen and oxygen atoms in total. The van der Waals surface area contributed by atoms with Crippen LogP contribution in [0.5, 0.6) is 5.88 Å². The molecular formula is C17H17FN4O3S. The number of amides is 1. The van der Waals surface area contributed by atoms with Crippen LogP contribution in [-0.2, 0) is 6.61 Å². The predicted octanol–water partition coefficient (Wildman–Crippen LogP) is 3.36. The highest BCUT2D eigenvalue weighted by Crippen LogP contribution is 2.26. The van der Waals surface area contributed by atoms with Crippen LogP contribution in [0.15, 0.2) is 28.9 Å². The molecule has 0 atom stereocenters. The standard InChI is InChI=1S/C17H17FN4O3S/c1-9(2)20-17(23)14-6-15(22-26-14)24-8-12-10(3)25-21-16(12)13-5-4-11(18)7-19-13/h4-7,9H,8H2,1-3H3,(H,20,23). The Kier molecular flexibility index (Phi) is 5.27. The summed E-state index contributed by atoms with van der Waals surface area (Å²) in [4.78, 5) is 16.4. The molecule has 3 aromatic heterocycles. The van der Waals surface area contributed by atoms with Crippen molar-refractivity contribution in [1.29, 1.82) is 0 Å². The molecular weight excluding hydrogens is 359 g/mol. The number of nitrogens with one attached hydrogen (secondary N) is 1. The van der Waals surface area contributed by atoms with Crippen LogP contribution < -0.4 is 10.1 Å². The van der Waals surface area contributed by atoms with E-state index in [2.05, 4.69) is 19.8 Å². The molecule has 0 aromatic carbocycles. The van der Waals surface area contributed by atoms with E-state index < -0.39 is 5.82 Å². The van der Waals surface area contributed by atoms with Gasteiger partial charge in [0.15, 0.2) is 0 Å². The minimum Gasteiger partial charge on any atom is -0.472 e. The molecule has 3 rings (SSSR count). The molecule has 0 bridgehead atoms. The van der Waals surface area contributed by atoms with Crippen molar-refractivity contribution in [3.8, 4) is 17.3 Å². The summed E-state index contributed by atoms with van der Waals surface area (Å²) in [6, 6.07) is 4.45. The summed E-state index contributed by atoms with van der Waals surface area (Å²) in [6.45, 7) is 5.66. The first-order valence-corrected chi connectivity index (χ1v) is 8.69. The fourth-order valence-corrected chi connectivity index (χ4v) is 2.78. The Morgan fingerprint density at radius 1 is 1.42 bits per heavy atom. The first-order chi connectivity index (χ1) is 12.4. The Bertz CT molecular complexity index is 905. The molecule has 3 heterocycles. The van der Waals surface area contributed by atoms with Gasteiger partial charge in [-0.15, -0.1) is 0 Å². The van der Waals surface area contributed by atoms with Gasteiger partial charge in [-0.25, -0.2) is 4.39 Å². The number of carbonyl (C=O) groups is 1. The Morgan fingerprint density at radius 3 is 2.92 bits per heavy atom. The van der Waals surface area contributed by atoms with Crippen molar-refractivity contribution in [2.24, 2.45) is 0 Å². The molecule has 0 radical (unpaired) electrons. The van der Waals surface area contributed by atoms with Gasteiger partial charge < -0.3 is 14.6 Å². The molecule has 0 spiro atoms. The number of aromatic nitrogens is 3. The highest BCUT2D eigenvalue weighted by atomic mass is 32.1. The van der Waals surface area contributed by atoms with E-state index in [1.54, 1.807) is 13.0 Å². The van der Waals surface area contributed by atoms with Crippen LogP contribution >= 0.6 is 11.5 Å². The summed E-state index contributed by atoms with van der Waals surface area (Å²) >= 11 is 1.06. The van der Waals surface area contributed by atoms with Crippen molar-refractivity contribution >= 4 is 17.4 Å². The van der Waals surface area contributed by atoms with Crippen LogP contribution in [0.2, 0.25) is 0 Å². The number of pyridine rings is 1. The Labute approximate surface area is 153 Å². The lowest BCUT2D eigenvalue weighted by Crippen LogP contribution is -2.29. The van der Waals surface area contributed by atoms with Gasteiger partial charge in [0.25, 0.3) is 5.91 Å². The largest absolute Gasteiger partial charge is 0.472 e. The Balaban J connectivity index is 1.73. The van der Waals surface area contributed by atoms with E-state index in [0.717, 1.165) is 17.7 Å². The smallest absolute Gasteiger partial charge is 0.263 e. The van der Waals surface area contributed by atoms with Crippen molar-refractivity contribution in [3.05, 3.63) is 46.4 Å². The van der Waals surface area contributed by atoms with Gasteiger partial charge in [-0.3, -0.25) is 9.78 Å². The first kappa shape index (κ1) is 18.0. The molecule has 1 N–H and O–H groups in total. The molecule has 3 aromatic rings. The summed E-state index contributed by atoms with van der Waals surface area (Å²) in [6.07, 6.45) is 1.12. The molecule has 9 heteroatoms. The highest BCUT2D eigenvalue weighted by molar-refractivity contribution is 7.08. The van der Waals surface area contributed by atoms with Gasteiger partial charge >= 0.3 is 0 Å². The second kappa shape index (κ2) is 7.61. The van der Waals surface area contributed by atoms with Crippen LogP contribution in [0.1, 0.15) is 34.8 Å². The van der Waals surface area contributed by atoms with Gasteiger partial charge in [0, 0.05) is 12.1 Å². The van der Waals surface area contributed by atoms with E-state index in [1.807, 2.05) is 13.8 Å². The fraction of sp³-hybridized carbons (Fsp3) is 0.294. The number of ether oxygens (including phenoxy) is 1. The molecule has 0 saturated carbocycles. The number of hydrogen-bond donors (Lipinski definition) is 1. The monoisotopic (exact) mass is 376 g/mol. The van der Waals surface area contributed by atoms with Crippen molar-refractivity contribution in [2.45, 2.75) is 33.4 Å². The zero-order valence-electron chi connectivity index (χ0n) is 14.4. The molecule has 136 valence electrons. The molecule has 26 heavy (non-hydrogen) atoms. The average Bonchev–Trinajstić information content (AvgIpc) is 3.20. The van der Waals surface area contributed by atoms with Crippen molar-refractivity contribution in [1.82, 2.24) is 19.8 Å². The van der Waals surface area contributed by atoms with E-state index >= 15 is 0 Å². The number of aryl methyl sites for hydroxylation is 1. The minimum absolute atomic E-state index is 0.0411. The number of hydrogen-bond acceptors (Lipinski definition) is 7. The van der Waals surface area contributed by atoms with Gasteiger partial charge in [-0.05, 0) is 44.4 Å². The normalized spacial score (nSPS) is 11.0. The van der Waals surface area contributed by atoms with E-state index in [9.17, 15) is 9.18 Å². The average molecular weight is 376 g/mol. The van der Waals surface area contributed by atoms with Crippen molar-refractivity contribution < 1.29 is 18.4 Å². The summed E-state index contributed by atoms with van der Waals surface area (Å²) < 4.78 is 28.1. The molecule has 0 unspecified atom stereocenters. The van der Waals surface area contributed by atoms with Gasteiger partial charge in [0.05, 0.1) is 17.5 Å². The lowest BCUT2D eigenvalue weighted by Gasteiger charge is -2.05.